The van der Waals surface area contributed by atoms with Crippen LogP contribution in [0.15, 0.2) is 47.3 Å². The standard InChI is InChI=1S/C33H42FN7O3/c1-23-20-39(13-10-35-23)21-24-8-11-38(12-9-24)22-31(42)40-14-16-41(17-15-40)33(44)28-18-25(6-7-29(28)34)19-30-26-4-2-3-5-27(26)32(43)37-36-30/h2-7,18,23-24,35H,8-17,19-22H2,1H3,(H,37,43)/t23-/m1/s1. The molecule has 3 aromatic rings. The minimum Gasteiger partial charge on any atom is -0.338 e. The SMILES string of the molecule is C[C@@H]1CN(CC2CCN(CC(=O)N3CCN(C(=O)c4cc(Cc5n[nH]c(=O)c6ccccc56)ccc4F)CC3)CC2)CCN1. The van der Waals surface area contributed by atoms with Crippen molar-refractivity contribution in [3.05, 3.63) is 75.5 Å². The van der Waals surface area contributed by atoms with Crippen molar-refractivity contribution in [2.75, 3.05) is 72.0 Å². The maximum absolute atomic E-state index is 14.9. The van der Waals surface area contributed by atoms with E-state index in [1.807, 2.05) is 17.0 Å². The highest BCUT2D eigenvalue weighted by Crippen LogP contribution is 2.21. The number of fused-ring (bicyclic) bond motifs is 1. The molecule has 0 aliphatic carbocycles. The van der Waals surface area contributed by atoms with E-state index in [4.69, 9.17) is 0 Å². The summed E-state index contributed by atoms with van der Waals surface area (Å²) in [6.45, 7) is 10.6. The lowest BCUT2D eigenvalue weighted by Crippen LogP contribution is -2.53. The number of rotatable bonds is 7. The Balaban J connectivity index is 0.996. The number of nitrogens with one attached hydrogen (secondary N) is 2. The Kier molecular flexibility index (Phi) is 9.34. The predicted molar refractivity (Wildman–Crippen MR) is 167 cm³/mol. The molecular weight excluding hydrogens is 561 g/mol. The number of piperidine rings is 1. The van der Waals surface area contributed by atoms with Crippen LogP contribution in [0.25, 0.3) is 10.8 Å². The van der Waals surface area contributed by atoms with E-state index in [1.165, 1.54) is 6.07 Å². The number of aromatic nitrogens is 2. The van der Waals surface area contributed by atoms with E-state index in [0.717, 1.165) is 63.1 Å². The quantitative estimate of drug-likeness (QED) is 0.426. The van der Waals surface area contributed by atoms with Crippen LogP contribution < -0.4 is 10.9 Å². The molecule has 0 radical (unpaired) electrons. The first-order valence-electron chi connectivity index (χ1n) is 15.8. The van der Waals surface area contributed by atoms with Gasteiger partial charge in [0.05, 0.1) is 23.2 Å². The normalized spacial score (nSPS) is 20.7. The van der Waals surface area contributed by atoms with E-state index in [-0.39, 0.29) is 22.9 Å². The first kappa shape index (κ1) is 30.4. The lowest BCUT2D eigenvalue weighted by molar-refractivity contribution is -0.134. The number of H-pyrrole nitrogens is 1. The highest BCUT2D eigenvalue weighted by molar-refractivity contribution is 5.95. The molecule has 0 spiro atoms. The van der Waals surface area contributed by atoms with E-state index >= 15 is 0 Å². The van der Waals surface area contributed by atoms with Crippen molar-refractivity contribution in [1.82, 2.24) is 35.1 Å². The summed E-state index contributed by atoms with van der Waals surface area (Å²) in [6.07, 6.45) is 2.58. The molecule has 2 amide bonds. The molecule has 44 heavy (non-hydrogen) atoms. The summed E-state index contributed by atoms with van der Waals surface area (Å²) in [6, 6.07) is 12.3. The Hall–Kier alpha value is -3.67. The molecule has 2 N–H and O–H groups in total. The topological polar surface area (TPSA) is 105 Å². The van der Waals surface area contributed by atoms with Crippen molar-refractivity contribution in [3.8, 4) is 0 Å². The van der Waals surface area contributed by atoms with Crippen LogP contribution in [0.5, 0.6) is 0 Å². The third-order valence-corrected chi connectivity index (χ3v) is 9.36. The summed E-state index contributed by atoms with van der Waals surface area (Å²) in [5.41, 5.74) is 1.11. The molecule has 3 aliphatic rings. The molecule has 6 rings (SSSR count). The summed E-state index contributed by atoms with van der Waals surface area (Å²) >= 11 is 0. The Morgan fingerprint density at radius 1 is 0.932 bits per heavy atom. The Bertz CT molecular complexity index is 1550. The van der Waals surface area contributed by atoms with Crippen molar-refractivity contribution in [2.45, 2.75) is 32.2 Å². The monoisotopic (exact) mass is 603 g/mol. The lowest BCUT2D eigenvalue weighted by atomic mass is 9.95. The minimum absolute atomic E-state index is 0.00847. The number of likely N-dealkylation sites (tertiary alicyclic amines) is 1. The van der Waals surface area contributed by atoms with Gasteiger partial charge < -0.3 is 20.0 Å². The molecule has 10 nitrogen and oxygen atoms in total. The number of hydrogen-bond donors (Lipinski definition) is 2. The average Bonchev–Trinajstić information content (AvgIpc) is 3.04. The van der Waals surface area contributed by atoms with Crippen molar-refractivity contribution in [1.29, 1.82) is 0 Å². The second-order valence-corrected chi connectivity index (χ2v) is 12.5. The van der Waals surface area contributed by atoms with Gasteiger partial charge in [-0.2, -0.15) is 5.10 Å². The molecule has 3 fully saturated rings. The van der Waals surface area contributed by atoms with E-state index in [9.17, 15) is 18.8 Å². The molecule has 0 unspecified atom stereocenters. The number of piperazine rings is 2. The minimum atomic E-state index is -0.577. The van der Waals surface area contributed by atoms with Crippen LogP contribution in [0, 0.1) is 11.7 Å². The number of hydrogen-bond acceptors (Lipinski definition) is 7. The van der Waals surface area contributed by atoms with Gasteiger partial charge in [0, 0.05) is 70.2 Å². The van der Waals surface area contributed by atoms with Gasteiger partial charge in [0.25, 0.3) is 11.5 Å². The van der Waals surface area contributed by atoms with Crippen LogP contribution >= 0.6 is 0 Å². The molecular formula is C33H42FN7O3. The van der Waals surface area contributed by atoms with Crippen LogP contribution in [-0.4, -0.2) is 120 Å². The number of amides is 2. The van der Waals surface area contributed by atoms with Crippen molar-refractivity contribution in [3.63, 3.8) is 0 Å². The third kappa shape index (κ3) is 7.00. The maximum atomic E-state index is 14.9. The van der Waals surface area contributed by atoms with Crippen molar-refractivity contribution in [2.24, 2.45) is 5.92 Å². The van der Waals surface area contributed by atoms with Crippen molar-refractivity contribution < 1.29 is 14.0 Å². The van der Waals surface area contributed by atoms with Crippen LogP contribution in [0.2, 0.25) is 0 Å². The average molecular weight is 604 g/mol. The van der Waals surface area contributed by atoms with Crippen LogP contribution in [0.4, 0.5) is 4.39 Å². The molecule has 2 aromatic carbocycles. The second kappa shape index (κ2) is 13.5. The zero-order valence-corrected chi connectivity index (χ0v) is 25.4. The summed E-state index contributed by atoms with van der Waals surface area (Å²) in [5.74, 6) is -0.171. The van der Waals surface area contributed by atoms with Gasteiger partial charge in [0.1, 0.15) is 5.82 Å². The van der Waals surface area contributed by atoms with Crippen LogP contribution in [-0.2, 0) is 11.2 Å². The smallest absolute Gasteiger partial charge is 0.272 e. The molecule has 0 saturated carbocycles. The Morgan fingerprint density at radius 3 is 2.41 bits per heavy atom. The summed E-state index contributed by atoms with van der Waals surface area (Å²) in [4.78, 5) is 46.9. The van der Waals surface area contributed by atoms with Gasteiger partial charge in [-0.15, -0.1) is 0 Å². The largest absolute Gasteiger partial charge is 0.338 e. The van der Waals surface area contributed by atoms with Crippen LogP contribution in [0.1, 0.15) is 41.4 Å². The molecule has 0 bridgehead atoms. The number of halogens is 1. The van der Waals surface area contributed by atoms with Gasteiger partial charge in [-0.05, 0) is 62.5 Å². The fourth-order valence-electron chi connectivity index (χ4n) is 6.84. The van der Waals surface area contributed by atoms with Gasteiger partial charge >= 0.3 is 0 Å². The van der Waals surface area contributed by atoms with E-state index < -0.39 is 5.82 Å². The summed E-state index contributed by atoms with van der Waals surface area (Å²) < 4.78 is 14.9. The van der Waals surface area contributed by atoms with Gasteiger partial charge in [-0.1, -0.05) is 24.3 Å². The molecule has 1 atom stereocenters. The van der Waals surface area contributed by atoms with Gasteiger partial charge in [-0.3, -0.25) is 19.3 Å². The fraction of sp³-hybridized carbons (Fsp3) is 0.515. The first-order chi connectivity index (χ1) is 21.3. The summed E-state index contributed by atoms with van der Waals surface area (Å²) in [7, 11) is 0. The number of nitrogens with zero attached hydrogens (tertiary/aromatic N) is 5. The second-order valence-electron chi connectivity index (χ2n) is 12.5. The molecule has 3 aliphatic heterocycles. The van der Waals surface area contributed by atoms with E-state index in [1.54, 1.807) is 29.2 Å². The Labute approximate surface area is 257 Å². The van der Waals surface area contributed by atoms with Crippen molar-refractivity contribution >= 4 is 22.6 Å². The summed E-state index contributed by atoms with van der Waals surface area (Å²) in [5, 5.41) is 11.5. The number of aromatic amines is 1. The maximum Gasteiger partial charge on any atom is 0.272 e. The lowest BCUT2D eigenvalue weighted by Gasteiger charge is -2.39. The molecule has 234 valence electrons. The zero-order chi connectivity index (χ0) is 30.6. The molecule has 1 aromatic heterocycles. The highest BCUT2D eigenvalue weighted by atomic mass is 19.1. The highest BCUT2D eigenvalue weighted by Gasteiger charge is 2.29. The van der Waals surface area contributed by atoms with Gasteiger partial charge in [0.15, 0.2) is 0 Å². The predicted octanol–water partition coefficient (Wildman–Crippen LogP) is 1.94. The Morgan fingerprint density at radius 2 is 1.66 bits per heavy atom. The zero-order valence-electron chi connectivity index (χ0n) is 25.4. The van der Waals surface area contributed by atoms with E-state index in [2.05, 4.69) is 32.2 Å². The molecule has 11 heteroatoms. The fourth-order valence-corrected chi connectivity index (χ4v) is 6.84. The third-order valence-electron chi connectivity index (χ3n) is 9.36. The molecule has 3 saturated heterocycles. The number of carbonyl (C=O) groups excluding carboxylic acids is 2. The van der Waals surface area contributed by atoms with Gasteiger partial charge in [0.2, 0.25) is 5.91 Å². The van der Waals surface area contributed by atoms with Crippen LogP contribution in [0.3, 0.4) is 0 Å². The van der Waals surface area contributed by atoms with Gasteiger partial charge in [-0.25, -0.2) is 9.49 Å². The molecule has 4 heterocycles. The number of carbonyl (C=O) groups is 2. The first-order valence-corrected chi connectivity index (χ1v) is 15.8. The number of benzene rings is 2. The van der Waals surface area contributed by atoms with E-state index in [0.29, 0.717) is 62.2 Å².